The zero-order valence-corrected chi connectivity index (χ0v) is 19.1. The van der Waals surface area contributed by atoms with Crippen molar-refractivity contribution in [3.05, 3.63) is 120 Å². The van der Waals surface area contributed by atoms with E-state index in [2.05, 4.69) is 58.9 Å². The van der Waals surface area contributed by atoms with Crippen molar-refractivity contribution in [3.63, 3.8) is 0 Å². The van der Waals surface area contributed by atoms with Crippen LogP contribution in [0.2, 0.25) is 0 Å². The Morgan fingerprint density at radius 1 is 0.794 bits per heavy atom. The van der Waals surface area contributed by atoms with Gasteiger partial charge in [-0.05, 0) is 40.7 Å². The van der Waals surface area contributed by atoms with Crippen LogP contribution >= 0.6 is 0 Å². The van der Waals surface area contributed by atoms with Gasteiger partial charge in [-0.3, -0.25) is 0 Å². The highest BCUT2D eigenvalue weighted by Gasteiger charge is 2.41. The molecule has 1 fully saturated rings. The predicted molar refractivity (Wildman–Crippen MR) is 133 cm³/mol. The van der Waals surface area contributed by atoms with Gasteiger partial charge in [0.15, 0.2) is 5.54 Å². The van der Waals surface area contributed by atoms with Gasteiger partial charge in [0.25, 0.3) is 0 Å². The van der Waals surface area contributed by atoms with Gasteiger partial charge in [0, 0.05) is 0 Å². The van der Waals surface area contributed by atoms with Crippen molar-refractivity contribution in [2.24, 2.45) is 5.92 Å². The van der Waals surface area contributed by atoms with Gasteiger partial charge >= 0.3 is 0 Å². The lowest BCUT2D eigenvalue weighted by Gasteiger charge is -2.34. The Hall–Kier alpha value is -4.04. The Labute approximate surface area is 200 Å². The molecule has 0 amide bonds. The molecule has 0 bridgehead atoms. The van der Waals surface area contributed by atoms with Crippen molar-refractivity contribution >= 4 is 5.57 Å². The Balaban J connectivity index is 1.70. The molecule has 0 atom stereocenters. The third kappa shape index (κ3) is 4.04. The number of rotatable bonds is 6. The number of hydrogen-bond donors (Lipinski definition) is 0. The smallest absolute Gasteiger partial charge is 0.192 e. The van der Waals surface area contributed by atoms with Crippen molar-refractivity contribution < 1.29 is 0 Å². The molecule has 3 aromatic carbocycles. The van der Waals surface area contributed by atoms with E-state index in [0.29, 0.717) is 17.3 Å². The van der Waals surface area contributed by atoms with E-state index in [1.165, 1.54) is 19.3 Å². The molecule has 0 spiro atoms. The Morgan fingerprint density at radius 2 is 1.29 bits per heavy atom. The molecule has 1 aromatic heterocycles. The van der Waals surface area contributed by atoms with Crippen LogP contribution in [0.5, 0.6) is 0 Å². The summed E-state index contributed by atoms with van der Waals surface area (Å²) in [5.74, 6) is 0.776. The molecule has 4 aromatic rings. The maximum atomic E-state index is 9.94. The summed E-state index contributed by atoms with van der Waals surface area (Å²) in [5, 5.41) is 23.7. The van der Waals surface area contributed by atoms with Gasteiger partial charge in [0.1, 0.15) is 6.07 Å². The van der Waals surface area contributed by atoms with Gasteiger partial charge in [-0.15, -0.1) is 15.0 Å². The van der Waals surface area contributed by atoms with Gasteiger partial charge < -0.3 is 0 Å². The van der Waals surface area contributed by atoms with Crippen LogP contribution in [0, 0.1) is 17.2 Å². The zero-order valence-electron chi connectivity index (χ0n) is 19.1. The zero-order chi connectivity index (χ0) is 23.2. The Morgan fingerprint density at radius 3 is 1.76 bits per heavy atom. The van der Waals surface area contributed by atoms with Gasteiger partial charge in [0.05, 0.1) is 5.57 Å². The monoisotopic (exact) mass is 445 g/mol. The summed E-state index contributed by atoms with van der Waals surface area (Å²) in [6.07, 6.45) is 7.96. The molecule has 5 rings (SSSR count). The fourth-order valence-electron chi connectivity index (χ4n) is 5.05. The highest BCUT2D eigenvalue weighted by molar-refractivity contribution is 5.72. The normalized spacial score (nSPS) is 15.1. The third-order valence-corrected chi connectivity index (χ3v) is 6.70. The fraction of sp³-hybridized carbons (Fsp3) is 0.241. The summed E-state index contributed by atoms with van der Waals surface area (Å²) in [6, 6.07) is 33.0. The topological polar surface area (TPSA) is 67.4 Å². The Kier molecular flexibility index (Phi) is 6.31. The molecule has 0 aliphatic heterocycles. The molecule has 5 heteroatoms. The van der Waals surface area contributed by atoms with Crippen LogP contribution in [0.4, 0.5) is 0 Å². The summed E-state index contributed by atoms with van der Waals surface area (Å²) >= 11 is 0. The summed E-state index contributed by atoms with van der Waals surface area (Å²) in [6.45, 7) is 0. The molecule has 1 aliphatic carbocycles. The molecule has 168 valence electrons. The number of hydrogen-bond acceptors (Lipinski definition) is 4. The van der Waals surface area contributed by atoms with E-state index < -0.39 is 5.54 Å². The second kappa shape index (κ2) is 9.84. The van der Waals surface area contributed by atoms with E-state index in [0.717, 1.165) is 29.5 Å². The summed E-state index contributed by atoms with van der Waals surface area (Å²) in [7, 11) is 0. The van der Waals surface area contributed by atoms with Crippen LogP contribution in [-0.4, -0.2) is 20.2 Å². The van der Waals surface area contributed by atoms with Crippen LogP contribution in [0.15, 0.2) is 97.1 Å². The SMILES string of the molecule is N#C/C(=C/C1CCCCC1)c1nnn(C(c2ccccc2)(c2ccccc2)c2ccccc2)n1. The maximum Gasteiger partial charge on any atom is 0.215 e. The number of benzene rings is 3. The van der Waals surface area contributed by atoms with E-state index in [4.69, 9.17) is 5.10 Å². The van der Waals surface area contributed by atoms with Gasteiger partial charge in [-0.1, -0.05) is 116 Å². The minimum Gasteiger partial charge on any atom is -0.192 e. The lowest BCUT2D eigenvalue weighted by Crippen LogP contribution is -2.39. The van der Waals surface area contributed by atoms with Crippen LogP contribution in [-0.2, 0) is 5.54 Å². The summed E-state index contributed by atoms with van der Waals surface area (Å²) < 4.78 is 0. The first kappa shape index (κ1) is 21.8. The summed E-state index contributed by atoms with van der Waals surface area (Å²) in [5.41, 5.74) is 2.73. The average Bonchev–Trinajstić information content (AvgIpc) is 3.40. The number of allylic oxidation sites excluding steroid dienone is 2. The van der Waals surface area contributed by atoms with Crippen LogP contribution < -0.4 is 0 Å². The lowest BCUT2D eigenvalue weighted by atomic mass is 9.77. The minimum atomic E-state index is -0.833. The first-order valence-electron chi connectivity index (χ1n) is 11.9. The largest absolute Gasteiger partial charge is 0.215 e. The molecule has 1 aliphatic rings. The Bertz CT molecular complexity index is 1180. The van der Waals surface area contributed by atoms with Crippen molar-refractivity contribution in [2.75, 3.05) is 0 Å². The van der Waals surface area contributed by atoms with E-state index >= 15 is 0 Å². The van der Waals surface area contributed by atoms with E-state index in [-0.39, 0.29) is 0 Å². The molecular weight excluding hydrogens is 418 g/mol. The lowest BCUT2D eigenvalue weighted by molar-refractivity contribution is 0.395. The van der Waals surface area contributed by atoms with Crippen molar-refractivity contribution in [2.45, 2.75) is 37.6 Å². The molecule has 1 saturated carbocycles. The number of nitrogens with zero attached hydrogens (tertiary/aromatic N) is 5. The minimum absolute atomic E-state index is 0.375. The van der Waals surface area contributed by atoms with Crippen molar-refractivity contribution in [1.29, 1.82) is 5.26 Å². The van der Waals surface area contributed by atoms with Gasteiger partial charge in [-0.2, -0.15) is 5.26 Å². The van der Waals surface area contributed by atoms with E-state index in [1.807, 2.05) is 54.6 Å². The average molecular weight is 446 g/mol. The molecule has 1 heterocycles. The number of nitriles is 1. The van der Waals surface area contributed by atoms with Crippen LogP contribution in [0.3, 0.4) is 0 Å². The van der Waals surface area contributed by atoms with Crippen LogP contribution in [0.1, 0.15) is 54.6 Å². The standard InChI is InChI=1S/C29H27N5/c30-22-24(21-23-13-5-1-6-14-23)28-31-33-34(32-28)29(25-15-7-2-8-16-25,26-17-9-3-10-18-26)27-19-11-4-12-20-27/h2-4,7-12,15-21,23H,1,5-6,13-14H2/b24-21-. The van der Waals surface area contributed by atoms with E-state index in [9.17, 15) is 5.26 Å². The second-order valence-electron chi connectivity index (χ2n) is 8.80. The first-order chi connectivity index (χ1) is 16.8. The molecule has 34 heavy (non-hydrogen) atoms. The molecule has 0 radical (unpaired) electrons. The predicted octanol–water partition coefficient (Wildman–Crippen LogP) is 6.00. The van der Waals surface area contributed by atoms with Crippen molar-refractivity contribution in [1.82, 2.24) is 20.2 Å². The molecule has 0 unspecified atom stereocenters. The highest BCUT2D eigenvalue weighted by Crippen LogP contribution is 2.39. The second-order valence-corrected chi connectivity index (χ2v) is 8.80. The van der Waals surface area contributed by atoms with Crippen molar-refractivity contribution in [3.8, 4) is 6.07 Å². The highest BCUT2D eigenvalue weighted by atomic mass is 15.6. The number of tetrazole rings is 1. The van der Waals surface area contributed by atoms with Gasteiger partial charge in [0.2, 0.25) is 5.82 Å². The molecular formula is C29H27N5. The van der Waals surface area contributed by atoms with Gasteiger partial charge in [-0.25, -0.2) is 0 Å². The quantitative estimate of drug-likeness (QED) is 0.270. The first-order valence-corrected chi connectivity index (χ1v) is 11.9. The molecule has 0 saturated heterocycles. The third-order valence-electron chi connectivity index (χ3n) is 6.70. The summed E-state index contributed by atoms with van der Waals surface area (Å²) in [4.78, 5) is 1.67. The maximum absolute atomic E-state index is 9.94. The molecule has 0 N–H and O–H groups in total. The fourth-order valence-corrected chi connectivity index (χ4v) is 5.05. The number of aromatic nitrogens is 4. The molecule has 5 nitrogen and oxygen atoms in total. The van der Waals surface area contributed by atoms with E-state index in [1.54, 1.807) is 4.80 Å². The van der Waals surface area contributed by atoms with Crippen LogP contribution in [0.25, 0.3) is 5.57 Å².